The molecule has 0 fully saturated rings. The quantitative estimate of drug-likeness (QED) is 0.723. The van der Waals surface area contributed by atoms with Crippen LogP contribution in [0.4, 0.5) is 5.69 Å². The number of hydrogen-bond donors (Lipinski definition) is 0. The Morgan fingerprint density at radius 1 is 1.24 bits per heavy atom. The summed E-state index contributed by atoms with van der Waals surface area (Å²) in [6.45, 7) is 11.9. The van der Waals surface area contributed by atoms with E-state index in [-0.39, 0.29) is 0 Å². The summed E-state index contributed by atoms with van der Waals surface area (Å²) >= 11 is 0. The highest BCUT2D eigenvalue weighted by Crippen LogP contribution is 2.21. The molecule has 17 heavy (non-hydrogen) atoms. The number of nitrogens with zero attached hydrogens (tertiary/aromatic N) is 1. The molecule has 0 atom stereocenters. The SMILES string of the molecule is Cc1cc(N(CC(C)C)C(C)C)ccc1C=O. The molecule has 0 aliphatic rings. The lowest BCUT2D eigenvalue weighted by molar-refractivity contribution is 0.112. The predicted octanol–water partition coefficient (Wildman–Crippen LogP) is 3.68. The summed E-state index contributed by atoms with van der Waals surface area (Å²) in [5.41, 5.74) is 3.03. The van der Waals surface area contributed by atoms with Crippen molar-refractivity contribution >= 4 is 12.0 Å². The molecule has 0 saturated heterocycles. The predicted molar refractivity (Wildman–Crippen MR) is 73.9 cm³/mol. The number of aryl methyl sites for hydroxylation is 1. The highest BCUT2D eigenvalue weighted by atomic mass is 16.1. The molecule has 0 aliphatic carbocycles. The van der Waals surface area contributed by atoms with Crippen molar-refractivity contribution in [2.45, 2.75) is 40.7 Å². The lowest BCUT2D eigenvalue weighted by Crippen LogP contribution is -2.34. The van der Waals surface area contributed by atoms with Crippen molar-refractivity contribution in [2.75, 3.05) is 11.4 Å². The van der Waals surface area contributed by atoms with Gasteiger partial charge in [0, 0.05) is 23.8 Å². The summed E-state index contributed by atoms with van der Waals surface area (Å²) < 4.78 is 0. The Labute approximate surface area is 105 Å². The first kappa shape index (κ1) is 13.8. The zero-order valence-electron chi connectivity index (χ0n) is 11.5. The first-order valence-electron chi connectivity index (χ1n) is 6.28. The van der Waals surface area contributed by atoms with Crippen molar-refractivity contribution in [3.63, 3.8) is 0 Å². The number of aldehydes is 1. The standard InChI is InChI=1S/C15H23NO/c1-11(2)9-16(12(3)4)15-7-6-14(10-17)13(5)8-15/h6-8,10-12H,9H2,1-5H3. The van der Waals surface area contributed by atoms with Crippen LogP contribution in [0, 0.1) is 12.8 Å². The zero-order chi connectivity index (χ0) is 13.0. The molecule has 0 unspecified atom stereocenters. The van der Waals surface area contributed by atoms with Gasteiger partial charge < -0.3 is 4.90 Å². The third-order valence-electron chi connectivity index (χ3n) is 2.90. The number of rotatable bonds is 5. The van der Waals surface area contributed by atoms with Crippen molar-refractivity contribution in [3.05, 3.63) is 29.3 Å². The number of anilines is 1. The molecule has 0 spiro atoms. The van der Waals surface area contributed by atoms with E-state index in [0.717, 1.165) is 24.0 Å². The Morgan fingerprint density at radius 3 is 2.29 bits per heavy atom. The minimum absolute atomic E-state index is 0.471. The van der Waals surface area contributed by atoms with Crippen LogP contribution in [0.2, 0.25) is 0 Å². The van der Waals surface area contributed by atoms with E-state index < -0.39 is 0 Å². The summed E-state index contributed by atoms with van der Waals surface area (Å²) in [7, 11) is 0. The van der Waals surface area contributed by atoms with Crippen molar-refractivity contribution < 1.29 is 4.79 Å². The van der Waals surface area contributed by atoms with Gasteiger partial charge in [0.1, 0.15) is 6.29 Å². The highest BCUT2D eigenvalue weighted by Gasteiger charge is 2.12. The molecule has 1 rings (SSSR count). The van der Waals surface area contributed by atoms with Gasteiger partial charge in [0.2, 0.25) is 0 Å². The van der Waals surface area contributed by atoms with E-state index in [2.05, 4.69) is 38.7 Å². The Morgan fingerprint density at radius 2 is 1.88 bits per heavy atom. The fraction of sp³-hybridized carbons (Fsp3) is 0.533. The number of carbonyl (C=O) groups is 1. The van der Waals surface area contributed by atoms with Gasteiger partial charge in [-0.3, -0.25) is 4.79 Å². The molecule has 0 radical (unpaired) electrons. The molecule has 0 bridgehead atoms. The van der Waals surface area contributed by atoms with Crippen LogP contribution >= 0.6 is 0 Å². The molecular formula is C15H23NO. The van der Waals surface area contributed by atoms with Crippen LogP contribution in [0.15, 0.2) is 18.2 Å². The average molecular weight is 233 g/mol. The van der Waals surface area contributed by atoms with Crippen molar-refractivity contribution in [1.29, 1.82) is 0 Å². The molecule has 94 valence electrons. The molecule has 0 saturated carbocycles. The van der Waals surface area contributed by atoms with E-state index in [1.54, 1.807) is 0 Å². The molecule has 1 aromatic carbocycles. The maximum Gasteiger partial charge on any atom is 0.150 e. The first-order chi connectivity index (χ1) is 7.95. The molecule has 1 aromatic rings. The summed E-state index contributed by atoms with van der Waals surface area (Å²) in [6, 6.07) is 6.53. The molecule has 0 aromatic heterocycles. The molecule has 0 heterocycles. The van der Waals surface area contributed by atoms with Gasteiger partial charge in [0.25, 0.3) is 0 Å². The summed E-state index contributed by atoms with van der Waals surface area (Å²) in [6.07, 6.45) is 0.918. The normalized spacial score (nSPS) is 11.0. The van der Waals surface area contributed by atoms with E-state index >= 15 is 0 Å². The lowest BCUT2D eigenvalue weighted by Gasteiger charge is -2.31. The van der Waals surface area contributed by atoms with Gasteiger partial charge in [-0.25, -0.2) is 0 Å². The molecular weight excluding hydrogens is 210 g/mol. The van der Waals surface area contributed by atoms with Crippen LogP contribution in [0.1, 0.15) is 43.6 Å². The Bertz CT molecular complexity index is 383. The average Bonchev–Trinajstić information content (AvgIpc) is 2.25. The second-order valence-electron chi connectivity index (χ2n) is 5.30. The Balaban J connectivity index is 3.02. The second-order valence-corrected chi connectivity index (χ2v) is 5.30. The third kappa shape index (κ3) is 3.58. The Hall–Kier alpha value is -1.31. The summed E-state index contributed by atoms with van der Waals surface area (Å²) in [4.78, 5) is 13.2. The third-order valence-corrected chi connectivity index (χ3v) is 2.90. The van der Waals surface area contributed by atoms with Crippen LogP contribution in [0.3, 0.4) is 0 Å². The topological polar surface area (TPSA) is 20.3 Å². The number of hydrogen-bond acceptors (Lipinski definition) is 2. The van der Waals surface area contributed by atoms with Crippen LogP contribution in [0.5, 0.6) is 0 Å². The molecule has 0 N–H and O–H groups in total. The van der Waals surface area contributed by atoms with Crippen LogP contribution in [-0.4, -0.2) is 18.9 Å². The van der Waals surface area contributed by atoms with E-state index in [1.165, 1.54) is 5.69 Å². The van der Waals surface area contributed by atoms with E-state index in [4.69, 9.17) is 0 Å². The monoisotopic (exact) mass is 233 g/mol. The first-order valence-corrected chi connectivity index (χ1v) is 6.28. The van der Waals surface area contributed by atoms with Gasteiger partial charge in [0.05, 0.1) is 0 Å². The fourth-order valence-corrected chi connectivity index (χ4v) is 1.98. The van der Waals surface area contributed by atoms with E-state index in [1.807, 2.05) is 19.1 Å². The second kappa shape index (κ2) is 5.85. The number of benzene rings is 1. The summed E-state index contributed by atoms with van der Waals surface area (Å²) in [5, 5.41) is 0. The van der Waals surface area contributed by atoms with Crippen LogP contribution in [0.25, 0.3) is 0 Å². The van der Waals surface area contributed by atoms with Gasteiger partial charge >= 0.3 is 0 Å². The van der Waals surface area contributed by atoms with Gasteiger partial charge in [-0.05, 0) is 50.5 Å². The van der Waals surface area contributed by atoms with Gasteiger partial charge in [-0.2, -0.15) is 0 Å². The van der Waals surface area contributed by atoms with Crippen molar-refractivity contribution in [3.8, 4) is 0 Å². The van der Waals surface area contributed by atoms with Crippen molar-refractivity contribution in [2.24, 2.45) is 5.92 Å². The Kier molecular flexibility index (Phi) is 4.73. The maximum atomic E-state index is 10.8. The highest BCUT2D eigenvalue weighted by molar-refractivity contribution is 5.78. The minimum Gasteiger partial charge on any atom is -0.369 e. The minimum atomic E-state index is 0.471. The van der Waals surface area contributed by atoms with E-state index in [0.29, 0.717) is 12.0 Å². The van der Waals surface area contributed by atoms with Gasteiger partial charge in [-0.1, -0.05) is 13.8 Å². The summed E-state index contributed by atoms with van der Waals surface area (Å²) in [5.74, 6) is 0.628. The largest absolute Gasteiger partial charge is 0.369 e. The molecule has 0 aliphatic heterocycles. The van der Waals surface area contributed by atoms with Gasteiger partial charge in [-0.15, -0.1) is 0 Å². The lowest BCUT2D eigenvalue weighted by atomic mass is 10.1. The molecule has 0 amide bonds. The number of carbonyl (C=O) groups excluding carboxylic acids is 1. The smallest absolute Gasteiger partial charge is 0.150 e. The van der Waals surface area contributed by atoms with Crippen molar-refractivity contribution in [1.82, 2.24) is 0 Å². The zero-order valence-corrected chi connectivity index (χ0v) is 11.5. The van der Waals surface area contributed by atoms with Crippen LogP contribution in [-0.2, 0) is 0 Å². The van der Waals surface area contributed by atoms with Crippen LogP contribution < -0.4 is 4.90 Å². The molecule has 2 nitrogen and oxygen atoms in total. The van der Waals surface area contributed by atoms with E-state index in [9.17, 15) is 4.79 Å². The maximum absolute atomic E-state index is 10.8. The molecule has 2 heteroatoms. The van der Waals surface area contributed by atoms with Gasteiger partial charge in [0.15, 0.2) is 0 Å². The fourth-order valence-electron chi connectivity index (χ4n) is 1.98.